The highest BCUT2D eigenvalue weighted by atomic mass is 79.9. The van der Waals surface area contributed by atoms with Gasteiger partial charge in [-0.1, -0.05) is 11.6 Å². The molecule has 1 unspecified atom stereocenters. The van der Waals surface area contributed by atoms with Gasteiger partial charge in [0.05, 0.1) is 34.1 Å². The summed E-state index contributed by atoms with van der Waals surface area (Å²) in [7, 11) is 0. The first-order chi connectivity index (χ1) is 19.8. The highest BCUT2D eigenvalue weighted by molar-refractivity contribution is 9.11. The van der Waals surface area contributed by atoms with E-state index >= 15 is 0 Å². The largest absolute Gasteiger partial charge is 0.415 e. The summed E-state index contributed by atoms with van der Waals surface area (Å²) in [6.07, 6.45) is 4.26. The van der Waals surface area contributed by atoms with E-state index in [9.17, 15) is 9.59 Å². The topological polar surface area (TPSA) is 179 Å². The van der Waals surface area contributed by atoms with E-state index in [1.54, 1.807) is 17.0 Å². The monoisotopic (exact) mass is 730 g/mol. The van der Waals surface area contributed by atoms with Gasteiger partial charge in [-0.2, -0.15) is 9.78 Å². The van der Waals surface area contributed by atoms with Gasteiger partial charge in [0.15, 0.2) is 11.4 Å². The average molecular weight is 733 g/mol. The molecule has 42 heavy (non-hydrogen) atoms. The Balaban J connectivity index is 0.00000405. The van der Waals surface area contributed by atoms with Gasteiger partial charge in [-0.15, -0.1) is 17.5 Å². The van der Waals surface area contributed by atoms with E-state index in [2.05, 4.69) is 74.8 Å². The molecule has 2 fully saturated rings. The van der Waals surface area contributed by atoms with Gasteiger partial charge >= 0.3 is 6.09 Å². The van der Waals surface area contributed by atoms with Crippen LogP contribution in [-0.4, -0.2) is 92.2 Å². The quantitative estimate of drug-likeness (QED) is 0.269. The second kappa shape index (κ2) is 14.4. The van der Waals surface area contributed by atoms with E-state index in [0.29, 0.717) is 64.8 Å². The molecule has 3 aromatic rings. The summed E-state index contributed by atoms with van der Waals surface area (Å²) >= 11 is 6.89. The Bertz CT molecular complexity index is 1420. The van der Waals surface area contributed by atoms with Crippen LogP contribution in [0.2, 0.25) is 0 Å². The Kier molecular flexibility index (Phi) is 10.9. The predicted octanol–water partition coefficient (Wildman–Crippen LogP) is 3.15. The number of carbonyl (C=O) groups is 2. The fourth-order valence-corrected chi connectivity index (χ4v) is 5.96. The summed E-state index contributed by atoms with van der Waals surface area (Å²) in [6, 6.07) is 3.74. The molecular weight excluding hydrogens is 704 g/mol. The third-order valence-electron chi connectivity index (χ3n) is 6.83. The van der Waals surface area contributed by atoms with Crippen molar-refractivity contribution in [1.29, 1.82) is 0 Å². The second-order valence-corrected chi connectivity index (χ2v) is 11.3. The first-order valence-corrected chi connectivity index (χ1v) is 14.5. The molecule has 2 aromatic heterocycles. The second-order valence-electron chi connectivity index (χ2n) is 9.57. The van der Waals surface area contributed by atoms with E-state index in [4.69, 9.17) is 19.8 Å². The lowest BCUT2D eigenvalue weighted by Gasteiger charge is -2.33. The predicted molar refractivity (Wildman–Crippen MR) is 160 cm³/mol. The number of rotatable bonds is 7. The number of nitrogens with one attached hydrogen (secondary N) is 1. The normalized spacial score (nSPS) is 17.7. The Hall–Kier alpha value is -3.12. The van der Waals surface area contributed by atoms with E-state index in [-0.39, 0.29) is 29.7 Å². The van der Waals surface area contributed by atoms with Crippen molar-refractivity contribution in [3.05, 3.63) is 38.0 Å². The number of halogens is 3. The Morgan fingerprint density at radius 1 is 1.19 bits per heavy atom. The molecule has 0 spiro atoms. The SMILES string of the molecule is CC1CCCCN1Cc1c(C(=O)N/N=C\c2cc(Br)c(OC(=O)N3CCOCC3)c(Br)c2)nnn1-c1nonc1N.Cl. The van der Waals surface area contributed by atoms with Crippen LogP contribution in [0.4, 0.5) is 10.6 Å². The molecule has 18 heteroatoms. The number of piperidine rings is 1. The zero-order valence-corrected chi connectivity index (χ0v) is 26.5. The number of ether oxygens (including phenoxy) is 2. The number of morpholine rings is 1. The van der Waals surface area contributed by atoms with Crippen LogP contribution in [0, 0.1) is 0 Å². The first kappa shape index (κ1) is 31.8. The number of aromatic nitrogens is 5. The highest BCUT2D eigenvalue weighted by Gasteiger charge is 2.28. The molecule has 4 heterocycles. The first-order valence-electron chi connectivity index (χ1n) is 13.0. The molecule has 2 aliphatic heterocycles. The van der Waals surface area contributed by atoms with E-state index < -0.39 is 12.0 Å². The van der Waals surface area contributed by atoms with Crippen molar-refractivity contribution in [3.63, 3.8) is 0 Å². The van der Waals surface area contributed by atoms with Crippen LogP contribution in [-0.2, 0) is 11.3 Å². The van der Waals surface area contributed by atoms with Gasteiger partial charge in [0.2, 0.25) is 11.6 Å². The van der Waals surface area contributed by atoms with Crippen molar-refractivity contribution in [2.24, 2.45) is 5.10 Å². The molecule has 2 saturated heterocycles. The lowest BCUT2D eigenvalue weighted by Crippen LogP contribution is -2.42. The third-order valence-corrected chi connectivity index (χ3v) is 8.00. The number of anilines is 1. The summed E-state index contributed by atoms with van der Waals surface area (Å²) in [5.74, 6) is -0.0410. The van der Waals surface area contributed by atoms with Gasteiger partial charge in [0.25, 0.3) is 5.91 Å². The van der Waals surface area contributed by atoms with E-state index in [1.807, 2.05) is 0 Å². The molecular formula is C24H29Br2ClN10O5. The van der Waals surface area contributed by atoms with Crippen LogP contribution in [0.25, 0.3) is 5.82 Å². The van der Waals surface area contributed by atoms with Crippen molar-refractivity contribution in [1.82, 2.24) is 40.5 Å². The maximum absolute atomic E-state index is 13.2. The number of hydrogen-bond donors (Lipinski definition) is 2. The van der Waals surface area contributed by atoms with Crippen LogP contribution >= 0.6 is 44.3 Å². The summed E-state index contributed by atoms with van der Waals surface area (Å²) in [5, 5.41) is 19.7. The molecule has 2 aliphatic rings. The Morgan fingerprint density at radius 3 is 2.60 bits per heavy atom. The van der Waals surface area contributed by atoms with Crippen molar-refractivity contribution in [2.45, 2.75) is 38.8 Å². The standard InChI is InChI=1S/C24H28Br2N10O5.ClH/c1-14-4-2-3-5-35(14)13-18-19(29-33-36(18)22-21(27)31-41-32-22)23(37)30-28-12-15-10-16(25)20(17(26)11-15)40-24(38)34-6-8-39-9-7-34;/h10-12,14H,2-9,13H2,1H3,(H2,27,31)(H,30,37);1H/b28-12-;. The smallest absolute Gasteiger partial charge is 0.408 e. The maximum atomic E-state index is 13.2. The average Bonchev–Trinajstić information content (AvgIpc) is 3.57. The molecule has 3 N–H and O–H groups in total. The van der Waals surface area contributed by atoms with E-state index in [0.717, 1.165) is 25.8 Å². The molecule has 0 aliphatic carbocycles. The van der Waals surface area contributed by atoms with Gasteiger partial charge in [-0.05, 0) is 86.2 Å². The molecule has 226 valence electrons. The van der Waals surface area contributed by atoms with Gasteiger partial charge in [-0.25, -0.2) is 14.8 Å². The number of hydrazone groups is 1. The van der Waals surface area contributed by atoms with Crippen LogP contribution in [0.15, 0.2) is 30.8 Å². The van der Waals surface area contributed by atoms with Crippen LogP contribution in [0.1, 0.15) is 47.9 Å². The van der Waals surface area contributed by atoms with Crippen molar-refractivity contribution >= 4 is 68.3 Å². The molecule has 1 atom stereocenters. The minimum atomic E-state index is -0.559. The number of benzene rings is 1. The van der Waals surface area contributed by atoms with Gasteiger partial charge < -0.3 is 20.1 Å². The zero-order chi connectivity index (χ0) is 28.9. The summed E-state index contributed by atoms with van der Waals surface area (Å²) < 4.78 is 18.0. The zero-order valence-electron chi connectivity index (χ0n) is 22.5. The summed E-state index contributed by atoms with van der Waals surface area (Å²) in [6.45, 7) is 5.30. The van der Waals surface area contributed by atoms with Gasteiger partial charge in [-0.3, -0.25) is 9.69 Å². The number of hydrogen-bond acceptors (Lipinski definition) is 12. The number of nitrogens with two attached hydrogens (primary N) is 1. The third kappa shape index (κ3) is 7.26. The molecule has 0 bridgehead atoms. The number of nitrogen functional groups attached to an aromatic ring is 1. The number of amides is 2. The fourth-order valence-electron chi connectivity index (χ4n) is 4.58. The molecule has 0 saturated carbocycles. The fraction of sp³-hybridized carbons (Fsp3) is 0.458. The van der Waals surface area contributed by atoms with Crippen LogP contribution in [0.5, 0.6) is 5.75 Å². The van der Waals surface area contributed by atoms with Crippen molar-refractivity contribution in [3.8, 4) is 11.6 Å². The van der Waals surface area contributed by atoms with Gasteiger partial charge in [0, 0.05) is 25.7 Å². The lowest BCUT2D eigenvalue weighted by atomic mass is 10.0. The van der Waals surface area contributed by atoms with Crippen molar-refractivity contribution in [2.75, 3.05) is 38.6 Å². The lowest BCUT2D eigenvalue weighted by molar-refractivity contribution is 0.0414. The van der Waals surface area contributed by atoms with Crippen LogP contribution in [0.3, 0.4) is 0 Å². The number of nitrogens with zero attached hydrogens (tertiary/aromatic N) is 8. The minimum Gasteiger partial charge on any atom is -0.408 e. The maximum Gasteiger partial charge on any atom is 0.415 e. The minimum absolute atomic E-state index is 0. The Labute approximate surface area is 263 Å². The number of carbonyl (C=O) groups excluding carboxylic acids is 2. The van der Waals surface area contributed by atoms with Crippen molar-refractivity contribution < 1.29 is 23.7 Å². The Morgan fingerprint density at radius 2 is 1.93 bits per heavy atom. The highest BCUT2D eigenvalue weighted by Crippen LogP contribution is 2.35. The molecule has 15 nitrogen and oxygen atoms in total. The summed E-state index contributed by atoms with van der Waals surface area (Å²) in [4.78, 5) is 29.5. The molecule has 0 radical (unpaired) electrons. The van der Waals surface area contributed by atoms with E-state index in [1.165, 1.54) is 10.9 Å². The molecule has 2 amide bonds. The summed E-state index contributed by atoms with van der Waals surface area (Å²) in [5.41, 5.74) is 9.60. The molecule has 5 rings (SSSR count). The van der Waals surface area contributed by atoms with Gasteiger partial charge in [0.1, 0.15) is 0 Å². The van der Waals surface area contributed by atoms with Crippen LogP contribution < -0.4 is 15.9 Å². The molecule has 1 aromatic carbocycles. The number of likely N-dealkylation sites (tertiary alicyclic amines) is 1.